The fourth-order valence-electron chi connectivity index (χ4n) is 2.92. The number of amides is 1. The smallest absolute Gasteiger partial charge is 0.259 e. The van der Waals surface area contributed by atoms with Gasteiger partial charge in [0.15, 0.2) is 5.82 Å². The molecular weight excluding hydrogens is 400 g/mol. The Balaban J connectivity index is 1.39. The molecule has 30 heavy (non-hydrogen) atoms. The van der Waals surface area contributed by atoms with Crippen LogP contribution in [-0.4, -0.2) is 20.7 Å². The van der Waals surface area contributed by atoms with Crippen molar-refractivity contribution in [2.24, 2.45) is 0 Å². The molecule has 0 spiro atoms. The van der Waals surface area contributed by atoms with Crippen LogP contribution in [0.25, 0.3) is 5.82 Å². The molecule has 1 amide bonds. The molecule has 4 aromatic rings. The lowest BCUT2D eigenvalue weighted by atomic mass is 10.2. The minimum atomic E-state index is -0.232. The molecule has 150 valence electrons. The maximum atomic E-state index is 12.7. The molecule has 2 aromatic carbocycles. The lowest BCUT2D eigenvalue weighted by molar-refractivity contribution is 0.102. The fourth-order valence-corrected chi connectivity index (χ4v) is 3.05. The van der Waals surface area contributed by atoms with E-state index in [1.807, 2.05) is 61.5 Å². The molecule has 0 aliphatic heterocycles. The number of rotatable bonds is 6. The number of hydrogen-bond acceptors (Lipinski definition) is 4. The van der Waals surface area contributed by atoms with Crippen LogP contribution in [0.5, 0.6) is 5.75 Å². The molecule has 0 aliphatic rings. The highest BCUT2D eigenvalue weighted by molar-refractivity contribution is 6.30. The second kappa shape index (κ2) is 8.80. The highest BCUT2D eigenvalue weighted by Crippen LogP contribution is 2.19. The summed E-state index contributed by atoms with van der Waals surface area (Å²) in [6, 6.07) is 20.3. The summed E-state index contributed by atoms with van der Waals surface area (Å²) in [5, 5.41) is 7.87. The average Bonchev–Trinajstić information content (AvgIpc) is 3.16. The normalized spacial score (nSPS) is 10.6. The molecule has 1 N–H and O–H groups in total. The molecule has 0 atom stereocenters. The molecule has 0 radical (unpaired) electrons. The van der Waals surface area contributed by atoms with Crippen LogP contribution in [0.3, 0.4) is 0 Å². The van der Waals surface area contributed by atoms with Crippen molar-refractivity contribution in [2.45, 2.75) is 13.5 Å². The highest BCUT2D eigenvalue weighted by Gasteiger charge is 2.15. The fraction of sp³-hybridized carbons (Fsp3) is 0.0870. The van der Waals surface area contributed by atoms with E-state index in [1.54, 1.807) is 29.2 Å². The Kier molecular flexibility index (Phi) is 5.77. The lowest BCUT2D eigenvalue weighted by Crippen LogP contribution is -2.13. The lowest BCUT2D eigenvalue weighted by Gasteiger charge is -2.09. The van der Waals surface area contributed by atoms with E-state index < -0.39 is 0 Å². The summed E-state index contributed by atoms with van der Waals surface area (Å²) in [5.74, 6) is 1.14. The molecule has 6 nitrogen and oxygen atoms in total. The topological polar surface area (TPSA) is 69.0 Å². The molecule has 0 fully saturated rings. The summed E-state index contributed by atoms with van der Waals surface area (Å²) < 4.78 is 7.41. The predicted molar refractivity (Wildman–Crippen MR) is 116 cm³/mol. The minimum absolute atomic E-state index is 0.232. The first-order valence-corrected chi connectivity index (χ1v) is 9.72. The molecule has 0 unspecified atom stereocenters. The van der Waals surface area contributed by atoms with E-state index in [1.165, 1.54) is 0 Å². The first kappa shape index (κ1) is 19.7. The van der Waals surface area contributed by atoms with Crippen molar-refractivity contribution in [1.29, 1.82) is 0 Å². The van der Waals surface area contributed by atoms with Gasteiger partial charge in [0.1, 0.15) is 12.4 Å². The van der Waals surface area contributed by atoms with Crippen molar-refractivity contribution in [2.75, 3.05) is 5.32 Å². The molecule has 0 aliphatic carbocycles. The maximum absolute atomic E-state index is 12.7. The van der Waals surface area contributed by atoms with E-state index >= 15 is 0 Å². The number of aromatic nitrogens is 3. The number of nitrogens with zero attached hydrogens (tertiary/aromatic N) is 3. The van der Waals surface area contributed by atoms with E-state index in [2.05, 4.69) is 15.4 Å². The first-order chi connectivity index (χ1) is 14.6. The van der Waals surface area contributed by atoms with Crippen LogP contribution in [0.15, 0.2) is 79.1 Å². The summed E-state index contributed by atoms with van der Waals surface area (Å²) in [6.45, 7) is 2.28. The summed E-state index contributed by atoms with van der Waals surface area (Å²) >= 11 is 5.89. The molecule has 2 aromatic heterocycles. The number of hydrogen-bond donors (Lipinski definition) is 1. The number of nitrogens with one attached hydrogen (secondary N) is 1. The minimum Gasteiger partial charge on any atom is -0.489 e. The number of benzene rings is 2. The zero-order valence-electron chi connectivity index (χ0n) is 16.2. The van der Waals surface area contributed by atoms with Crippen LogP contribution >= 0.6 is 11.6 Å². The summed E-state index contributed by atoms with van der Waals surface area (Å²) in [4.78, 5) is 16.9. The summed E-state index contributed by atoms with van der Waals surface area (Å²) in [7, 11) is 0. The van der Waals surface area contributed by atoms with Gasteiger partial charge in [-0.25, -0.2) is 9.67 Å². The van der Waals surface area contributed by atoms with Gasteiger partial charge in [0.2, 0.25) is 0 Å². The van der Waals surface area contributed by atoms with Crippen LogP contribution in [0.4, 0.5) is 5.69 Å². The summed E-state index contributed by atoms with van der Waals surface area (Å²) in [5.41, 5.74) is 2.90. The SMILES string of the molecule is Cc1c(C(=O)Nc2ccc(OCc3ccc(Cl)cc3)cc2)cnn1-c1ccccn1. The van der Waals surface area contributed by atoms with Gasteiger partial charge in [-0.3, -0.25) is 4.79 Å². The zero-order valence-corrected chi connectivity index (χ0v) is 17.0. The Hall–Kier alpha value is -3.64. The Morgan fingerprint density at radius 2 is 1.83 bits per heavy atom. The predicted octanol–water partition coefficient (Wildman–Crippen LogP) is 5.06. The van der Waals surface area contributed by atoms with E-state index in [0.717, 1.165) is 5.56 Å². The maximum Gasteiger partial charge on any atom is 0.259 e. The third-order valence-electron chi connectivity index (χ3n) is 4.55. The highest BCUT2D eigenvalue weighted by atomic mass is 35.5. The van der Waals surface area contributed by atoms with Crippen LogP contribution in [0.2, 0.25) is 5.02 Å². The van der Waals surface area contributed by atoms with Crippen LogP contribution in [0, 0.1) is 6.92 Å². The van der Waals surface area contributed by atoms with Crippen LogP contribution in [-0.2, 0) is 6.61 Å². The second-order valence-corrected chi connectivity index (χ2v) is 7.07. The van der Waals surface area contributed by atoms with Crippen molar-refractivity contribution in [3.63, 3.8) is 0 Å². The van der Waals surface area contributed by atoms with E-state index in [4.69, 9.17) is 16.3 Å². The van der Waals surface area contributed by atoms with Crippen molar-refractivity contribution in [3.8, 4) is 11.6 Å². The number of anilines is 1. The molecule has 0 saturated heterocycles. The van der Waals surface area contributed by atoms with Gasteiger partial charge in [-0.15, -0.1) is 0 Å². The largest absolute Gasteiger partial charge is 0.489 e. The van der Waals surface area contributed by atoms with Crippen LogP contribution < -0.4 is 10.1 Å². The van der Waals surface area contributed by atoms with Gasteiger partial charge in [-0.1, -0.05) is 29.8 Å². The third kappa shape index (κ3) is 4.50. The molecule has 0 saturated carbocycles. The quantitative estimate of drug-likeness (QED) is 0.475. The van der Waals surface area contributed by atoms with Gasteiger partial charge in [-0.05, 0) is 61.0 Å². The third-order valence-corrected chi connectivity index (χ3v) is 4.80. The van der Waals surface area contributed by atoms with Crippen molar-refractivity contribution in [1.82, 2.24) is 14.8 Å². The Morgan fingerprint density at radius 3 is 2.53 bits per heavy atom. The Labute approximate surface area is 179 Å². The number of carbonyl (C=O) groups is 1. The average molecular weight is 419 g/mol. The zero-order chi connectivity index (χ0) is 20.9. The van der Waals surface area contributed by atoms with Crippen LogP contribution in [0.1, 0.15) is 21.6 Å². The van der Waals surface area contributed by atoms with Crippen molar-refractivity contribution < 1.29 is 9.53 Å². The van der Waals surface area contributed by atoms with Gasteiger partial charge in [-0.2, -0.15) is 5.10 Å². The Bertz CT molecular complexity index is 1140. The number of carbonyl (C=O) groups excluding carboxylic acids is 1. The van der Waals surface area contributed by atoms with Gasteiger partial charge in [0.25, 0.3) is 5.91 Å². The second-order valence-electron chi connectivity index (χ2n) is 6.64. The molecule has 7 heteroatoms. The van der Waals surface area contributed by atoms with Gasteiger partial charge >= 0.3 is 0 Å². The molecular formula is C23H19ClN4O2. The van der Waals surface area contributed by atoms with Gasteiger partial charge in [0.05, 0.1) is 17.5 Å². The van der Waals surface area contributed by atoms with E-state index in [0.29, 0.717) is 40.1 Å². The first-order valence-electron chi connectivity index (χ1n) is 9.35. The number of halogens is 1. The van der Waals surface area contributed by atoms with E-state index in [9.17, 15) is 4.79 Å². The number of ether oxygens (including phenoxy) is 1. The Morgan fingerprint density at radius 1 is 1.07 bits per heavy atom. The van der Waals surface area contributed by atoms with Crippen molar-refractivity contribution >= 4 is 23.2 Å². The van der Waals surface area contributed by atoms with E-state index in [-0.39, 0.29) is 5.91 Å². The van der Waals surface area contributed by atoms with Gasteiger partial charge in [0, 0.05) is 16.9 Å². The monoisotopic (exact) mass is 418 g/mol. The van der Waals surface area contributed by atoms with Gasteiger partial charge < -0.3 is 10.1 Å². The van der Waals surface area contributed by atoms with Crippen molar-refractivity contribution in [3.05, 3.63) is 101 Å². The molecule has 2 heterocycles. The standard InChI is InChI=1S/C23H19ClN4O2/c1-16-21(14-26-28(16)22-4-2-3-13-25-22)23(29)27-19-9-11-20(12-10-19)30-15-17-5-7-18(24)8-6-17/h2-14H,15H2,1H3,(H,27,29). The molecule has 0 bridgehead atoms. The summed E-state index contributed by atoms with van der Waals surface area (Å²) in [6.07, 6.45) is 3.23. The molecule has 4 rings (SSSR count). The number of pyridine rings is 1.